The second-order valence-electron chi connectivity index (χ2n) is 6.46. The summed E-state index contributed by atoms with van der Waals surface area (Å²) in [7, 11) is 0. The molecule has 0 radical (unpaired) electrons. The van der Waals surface area contributed by atoms with Gasteiger partial charge < -0.3 is 4.90 Å². The molecule has 0 saturated carbocycles. The first-order chi connectivity index (χ1) is 13.7. The molecule has 0 saturated heterocycles. The highest BCUT2D eigenvalue weighted by Crippen LogP contribution is 2.28. The number of fused-ring (bicyclic) bond motifs is 1. The van der Waals surface area contributed by atoms with Crippen molar-refractivity contribution in [2.75, 3.05) is 18.0 Å². The van der Waals surface area contributed by atoms with Crippen molar-refractivity contribution >= 4 is 17.0 Å². The number of pyridine rings is 1. The molecule has 3 aromatic heterocycles. The van der Waals surface area contributed by atoms with Crippen molar-refractivity contribution in [1.82, 2.24) is 24.5 Å². The Bertz CT molecular complexity index is 1070. The van der Waals surface area contributed by atoms with E-state index in [1.165, 1.54) is 12.1 Å². The quantitative estimate of drug-likeness (QED) is 0.503. The van der Waals surface area contributed by atoms with Crippen LogP contribution in [0.15, 0.2) is 55.1 Å². The van der Waals surface area contributed by atoms with Gasteiger partial charge in [-0.2, -0.15) is 0 Å². The number of hydrogen-bond donors (Lipinski definition) is 0. The summed E-state index contributed by atoms with van der Waals surface area (Å²) < 4.78 is 15.4. The molecule has 142 valence electrons. The molecular formula is C21H21FN6. The Morgan fingerprint density at radius 1 is 1.00 bits per heavy atom. The number of aromatic nitrogens is 5. The van der Waals surface area contributed by atoms with Crippen LogP contribution in [0.5, 0.6) is 0 Å². The van der Waals surface area contributed by atoms with Crippen LogP contribution in [0.2, 0.25) is 0 Å². The summed E-state index contributed by atoms with van der Waals surface area (Å²) in [5, 5.41) is 0. The maximum Gasteiger partial charge on any atom is 0.225 e. The van der Waals surface area contributed by atoms with E-state index >= 15 is 0 Å². The number of rotatable bonds is 6. The third-order valence-corrected chi connectivity index (χ3v) is 4.60. The molecule has 4 rings (SSSR count). The van der Waals surface area contributed by atoms with E-state index in [0.29, 0.717) is 11.8 Å². The highest BCUT2D eigenvalue weighted by Gasteiger charge is 2.16. The maximum atomic E-state index is 13.4. The van der Waals surface area contributed by atoms with Crippen molar-refractivity contribution in [3.63, 3.8) is 0 Å². The van der Waals surface area contributed by atoms with E-state index in [4.69, 9.17) is 4.98 Å². The van der Waals surface area contributed by atoms with E-state index in [1.807, 2.05) is 10.6 Å². The fourth-order valence-corrected chi connectivity index (χ4v) is 3.24. The Balaban J connectivity index is 1.82. The van der Waals surface area contributed by atoms with Gasteiger partial charge in [-0.25, -0.2) is 19.3 Å². The zero-order chi connectivity index (χ0) is 19.5. The molecule has 28 heavy (non-hydrogen) atoms. The first-order valence-corrected chi connectivity index (χ1v) is 9.37. The normalized spacial score (nSPS) is 11.1. The molecule has 4 aromatic rings. The van der Waals surface area contributed by atoms with Gasteiger partial charge in [0, 0.05) is 37.4 Å². The molecular weight excluding hydrogens is 355 g/mol. The molecule has 3 heterocycles. The van der Waals surface area contributed by atoms with E-state index in [9.17, 15) is 4.39 Å². The lowest BCUT2D eigenvalue weighted by Gasteiger charge is -2.19. The Kier molecular flexibility index (Phi) is 4.97. The van der Waals surface area contributed by atoms with Gasteiger partial charge in [0.25, 0.3) is 0 Å². The minimum Gasteiger partial charge on any atom is -0.341 e. The largest absolute Gasteiger partial charge is 0.341 e. The zero-order valence-electron chi connectivity index (χ0n) is 15.9. The molecule has 0 atom stereocenters. The maximum absolute atomic E-state index is 13.4. The summed E-state index contributed by atoms with van der Waals surface area (Å²) in [4.78, 5) is 20.2. The van der Waals surface area contributed by atoms with Crippen molar-refractivity contribution in [1.29, 1.82) is 0 Å². The number of anilines is 1. The second kappa shape index (κ2) is 7.72. The molecule has 0 bridgehead atoms. The molecule has 0 spiro atoms. The van der Waals surface area contributed by atoms with Crippen LogP contribution in [-0.2, 0) is 0 Å². The highest BCUT2D eigenvalue weighted by atomic mass is 19.1. The minimum absolute atomic E-state index is 0.281. The SMILES string of the molecule is CCCN(CC)c1ncc(-c2nc3ccncc3n2-c2ccc(F)cc2)cn1. The smallest absolute Gasteiger partial charge is 0.225 e. The van der Waals surface area contributed by atoms with Crippen molar-refractivity contribution in [2.24, 2.45) is 0 Å². The molecule has 0 aliphatic carbocycles. The summed E-state index contributed by atoms with van der Waals surface area (Å²) in [6.45, 7) is 5.99. The fourth-order valence-electron chi connectivity index (χ4n) is 3.24. The number of halogens is 1. The molecule has 0 unspecified atom stereocenters. The number of benzene rings is 1. The first-order valence-electron chi connectivity index (χ1n) is 9.37. The van der Waals surface area contributed by atoms with Gasteiger partial charge in [-0.15, -0.1) is 0 Å². The Morgan fingerprint density at radius 3 is 2.43 bits per heavy atom. The Morgan fingerprint density at radius 2 is 1.75 bits per heavy atom. The topological polar surface area (TPSA) is 59.7 Å². The van der Waals surface area contributed by atoms with Crippen LogP contribution in [-0.4, -0.2) is 37.6 Å². The predicted octanol–water partition coefficient (Wildman–Crippen LogP) is 4.25. The van der Waals surface area contributed by atoms with Gasteiger partial charge in [0.15, 0.2) is 0 Å². The van der Waals surface area contributed by atoms with E-state index in [2.05, 4.69) is 33.7 Å². The summed E-state index contributed by atoms with van der Waals surface area (Å²) in [6, 6.07) is 8.17. The highest BCUT2D eigenvalue weighted by molar-refractivity contribution is 5.82. The van der Waals surface area contributed by atoms with Crippen LogP contribution in [0.1, 0.15) is 20.3 Å². The molecule has 7 heteroatoms. The molecule has 0 aliphatic heterocycles. The van der Waals surface area contributed by atoms with E-state index in [0.717, 1.165) is 41.8 Å². The first kappa shape index (κ1) is 18.0. The van der Waals surface area contributed by atoms with E-state index in [1.54, 1.807) is 36.9 Å². The molecule has 0 amide bonds. The minimum atomic E-state index is -0.281. The van der Waals surface area contributed by atoms with Crippen molar-refractivity contribution in [2.45, 2.75) is 20.3 Å². The molecule has 0 N–H and O–H groups in total. The van der Waals surface area contributed by atoms with Crippen molar-refractivity contribution in [3.8, 4) is 17.1 Å². The van der Waals surface area contributed by atoms with Crippen LogP contribution in [0.25, 0.3) is 28.1 Å². The van der Waals surface area contributed by atoms with Crippen LogP contribution < -0.4 is 4.90 Å². The predicted molar refractivity (Wildman–Crippen MR) is 108 cm³/mol. The van der Waals surface area contributed by atoms with Crippen LogP contribution in [0.4, 0.5) is 10.3 Å². The molecule has 0 aliphatic rings. The monoisotopic (exact) mass is 376 g/mol. The standard InChI is InChI=1S/C21H21FN6/c1-3-11-27(4-2)21-24-12-15(13-25-21)20-26-18-9-10-23-14-19(18)28(20)17-7-5-16(22)6-8-17/h5-10,12-14H,3-4,11H2,1-2H3. The lowest BCUT2D eigenvalue weighted by atomic mass is 10.2. The van der Waals surface area contributed by atoms with Gasteiger partial charge >= 0.3 is 0 Å². The number of nitrogens with zero attached hydrogens (tertiary/aromatic N) is 6. The third-order valence-electron chi connectivity index (χ3n) is 4.60. The molecule has 1 aromatic carbocycles. The fraction of sp³-hybridized carbons (Fsp3) is 0.238. The lowest BCUT2D eigenvalue weighted by Crippen LogP contribution is -2.25. The Hall–Kier alpha value is -3.35. The lowest BCUT2D eigenvalue weighted by molar-refractivity contribution is 0.627. The van der Waals surface area contributed by atoms with Gasteiger partial charge in [-0.3, -0.25) is 9.55 Å². The number of hydrogen-bond acceptors (Lipinski definition) is 5. The Labute approximate surface area is 162 Å². The van der Waals surface area contributed by atoms with Crippen molar-refractivity contribution < 1.29 is 4.39 Å². The van der Waals surface area contributed by atoms with Gasteiger partial charge in [0.1, 0.15) is 11.6 Å². The van der Waals surface area contributed by atoms with Crippen LogP contribution in [0.3, 0.4) is 0 Å². The summed E-state index contributed by atoms with van der Waals surface area (Å²) in [5.74, 6) is 1.12. The average Bonchev–Trinajstić information content (AvgIpc) is 3.12. The average molecular weight is 376 g/mol. The van der Waals surface area contributed by atoms with Gasteiger partial charge in [0.2, 0.25) is 5.95 Å². The van der Waals surface area contributed by atoms with Crippen LogP contribution >= 0.6 is 0 Å². The van der Waals surface area contributed by atoms with Gasteiger partial charge in [0.05, 0.1) is 22.8 Å². The molecule has 6 nitrogen and oxygen atoms in total. The number of imidazole rings is 1. The zero-order valence-corrected chi connectivity index (χ0v) is 15.9. The van der Waals surface area contributed by atoms with E-state index < -0.39 is 0 Å². The van der Waals surface area contributed by atoms with Gasteiger partial charge in [-0.1, -0.05) is 6.92 Å². The third kappa shape index (κ3) is 3.31. The summed E-state index contributed by atoms with van der Waals surface area (Å²) >= 11 is 0. The second-order valence-corrected chi connectivity index (χ2v) is 6.46. The van der Waals surface area contributed by atoms with E-state index in [-0.39, 0.29) is 5.82 Å². The molecule has 0 fully saturated rings. The summed E-state index contributed by atoms with van der Waals surface area (Å²) in [5.41, 5.74) is 3.24. The van der Waals surface area contributed by atoms with Gasteiger partial charge in [-0.05, 0) is 43.7 Å². The summed E-state index contributed by atoms with van der Waals surface area (Å²) in [6.07, 6.45) is 8.07. The van der Waals surface area contributed by atoms with Crippen LogP contribution in [0, 0.1) is 5.82 Å². The van der Waals surface area contributed by atoms with Crippen molar-refractivity contribution in [3.05, 3.63) is 60.9 Å².